The van der Waals surface area contributed by atoms with E-state index < -0.39 is 8.56 Å². The average molecular weight is 369 g/mol. The molecule has 2 rings (SSSR count). The second-order valence-electron chi connectivity index (χ2n) is 10.4. The lowest BCUT2D eigenvalue weighted by atomic mass is 9.75. The maximum Gasteiger partial charge on any atom is 0.332 e. The van der Waals surface area contributed by atoms with E-state index in [4.69, 9.17) is 8.85 Å². The smallest absolute Gasteiger partial charge is 0.332 e. The molecular formula is C22H44O2Si. The van der Waals surface area contributed by atoms with Crippen molar-refractivity contribution in [3.8, 4) is 0 Å². The Morgan fingerprint density at radius 1 is 0.680 bits per heavy atom. The molecule has 3 heteroatoms. The first-order valence-corrected chi connectivity index (χ1v) is 13.8. The molecule has 148 valence electrons. The van der Waals surface area contributed by atoms with Gasteiger partial charge in [-0.15, -0.1) is 0 Å². The SMILES string of the molecule is CC1CCC(C(C)C)C(O[Si](C)(C)OC2CC(C)CCC2C(C)C)C1. The lowest BCUT2D eigenvalue weighted by Crippen LogP contribution is -2.49. The van der Waals surface area contributed by atoms with Crippen LogP contribution in [-0.4, -0.2) is 20.8 Å². The van der Waals surface area contributed by atoms with Crippen molar-refractivity contribution in [2.24, 2.45) is 35.5 Å². The molecule has 0 spiro atoms. The maximum absolute atomic E-state index is 6.81. The van der Waals surface area contributed by atoms with Gasteiger partial charge in [0.05, 0.1) is 12.2 Å². The van der Waals surface area contributed by atoms with Gasteiger partial charge in [-0.2, -0.15) is 0 Å². The zero-order valence-corrected chi connectivity index (χ0v) is 19.2. The maximum atomic E-state index is 6.81. The highest BCUT2D eigenvalue weighted by Crippen LogP contribution is 2.39. The molecule has 2 aliphatic rings. The van der Waals surface area contributed by atoms with Crippen LogP contribution in [0.15, 0.2) is 0 Å². The monoisotopic (exact) mass is 368 g/mol. The Balaban J connectivity index is 2.03. The van der Waals surface area contributed by atoms with Crippen LogP contribution >= 0.6 is 0 Å². The fourth-order valence-corrected chi connectivity index (χ4v) is 7.31. The van der Waals surface area contributed by atoms with Crippen LogP contribution in [-0.2, 0) is 8.85 Å². The normalized spacial score (nSPS) is 37.7. The van der Waals surface area contributed by atoms with Crippen LogP contribution in [0.5, 0.6) is 0 Å². The minimum atomic E-state index is -2.11. The zero-order valence-electron chi connectivity index (χ0n) is 18.2. The van der Waals surface area contributed by atoms with Crippen molar-refractivity contribution in [2.75, 3.05) is 0 Å². The Labute approximate surface area is 158 Å². The summed E-state index contributed by atoms with van der Waals surface area (Å²) in [5.74, 6) is 4.42. The molecule has 6 unspecified atom stereocenters. The molecule has 0 radical (unpaired) electrons. The summed E-state index contributed by atoms with van der Waals surface area (Å²) in [5, 5.41) is 0. The van der Waals surface area contributed by atoms with Gasteiger partial charge in [-0.25, -0.2) is 0 Å². The molecule has 2 fully saturated rings. The van der Waals surface area contributed by atoms with E-state index in [1.807, 2.05) is 0 Å². The standard InChI is InChI=1S/C22H44O2Si/c1-15(2)19-11-9-17(5)13-21(19)23-25(7,8)24-22-14-18(6)10-12-20(22)16(3)4/h15-22H,9-14H2,1-8H3. The molecular weight excluding hydrogens is 324 g/mol. The van der Waals surface area contributed by atoms with Gasteiger partial charge in [0.25, 0.3) is 0 Å². The second-order valence-corrected chi connectivity index (χ2v) is 13.6. The molecule has 0 saturated heterocycles. The fraction of sp³-hybridized carbons (Fsp3) is 1.00. The summed E-state index contributed by atoms with van der Waals surface area (Å²) in [6.45, 7) is 18.8. The minimum Gasteiger partial charge on any atom is -0.391 e. The van der Waals surface area contributed by atoms with E-state index in [-0.39, 0.29) is 0 Å². The van der Waals surface area contributed by atoms with E-state index in [2.05, 4.69) is 54.6 Å². The molecule has 25 heavy (non-hydrogen) atoms. The molecule has 0 amide bonds. The first-order valence-electron chi connectivity index (χ1n) is 10.9. The third-order valence-electron chi connectivity index (χ3n) is 6.79. The Kier molecular flexibility index (Phi) is 7.62. The largest absolute Gasteiger partial charge is 0.391 e. The minimum absolute atomic E-state index is 0.406. The molecule has 0 bridgehead atoms. The molecule has 0 aromatic rings. The van der Waals surface area contributed by atoms with Crippen molar-refractivity contribution >= 4 is 8.56 Å². The van der Waals surface area contributed by atoms with Gasteiger partial charge < -0.3 is 8.85 Å². The molecule has 0 heterocycles. The van der Waals surface area contributed by atoms with Crippen molar-refractivity contribution < 1.29 is 8.85 Å². The fourth-order valence-electron chi connectivity index (χ4n) is 5.26. The van der Waals surface area contributed by atoms with Crippen LogP contribution in [0.25, 0.3) is 0 Å². The summed E-state index contributed by atoms with van der Waals surface area (Å²) in [6, 6.07) is 0. The number of rotatable bonds is 6. The summed E-state index contributed by atoms with van der Waals surface area (Å²) >= 11 is 0. The Hall–Kier alpha value is 0.137. The van der Waals surface area contributed by atoms with Crippen molar-refractivity contribution in [3.63, 3.8) is 0 Å². The first kappa shape index (κ1) is 21.4. The molecule has 0 aromatic carbocycles. The van der Waals surface area contributed by atoms with Crippen molar-refractivity contribution in [1.82, 2.24) is 0 Å². The van der Waals surface area contributed by atoms with Crippen LogP contribution in [0.4, 0.5) is 0 Å². The first-order chi connectivity index (χ1) is 11.6. The highest BCUT2D eigenvalue weighted by Gasteiger charge is 2.41. The number of hydrogen-bond acceptors (Lipinski definition) is 2. The van der Waals surface area contributed by atoms with Crippen molar-refractivity contribution in [1.29, 1.82) is 0 Å². The summed E-state index contributed by atoms with van der Waals surface area (Å²) in [5.41, 5.74) is 0. The van der Waals surface area contributed by atoms with E-state index in [1.165, 1.54) is 38.5 Å². The molecule has 0 aromatic heterocycles. The van der Waals surface area contributed by atoms with Gasteiger partial charge in [-0.3, -0.25) is 0 Å². The molecule has 2 nitrogen and oxygen atoms in total. The van der Waals surface area contributed by atoms with E-state index in [1.54, 1.807) is 0 Å². The predicted octanol–water partition coefficient (Wildman–Crippen LogP) is 6.64. The highest BCUT2D eigenvalue weighted by molar-refractivity contribution is 6.64. The van der Waals surface area contributed by atoms with Crippen molar-refractivity contribution in [2.45, 2.75) is 105 Å². The van der Waals surface area contributed by atoms with Crippen LogP contribution in [0, 0.1) is 35.5 Å². The highest BCUT2D eigenvalue weighted by atomic mass is 28.4. The van der Waals surface area contributed by atoms with E-state index in [9.17, 15) is 0 Å². The van der Waals surface area contributed by atoms with Crippen LogP contribution in [0.3, 0.4) is 0 Å². The predicted molar refractivity (Wildman–Crippen MR) is 110 cm³/mol. The third kappa shape index (κ3) is 6.07. The Morgan fingerprint density at radius 2 is 1.04 bits per heavy atom. The third-order valence-corrected chi connectivity index (χ3v) is 8.53. The van der Waals surface area contributed by atoms with Gasteiger partial charge in [0.15, 0.2) is 0 Å². The molecule has 0 aliphatic heterocycles. The molecule has 6 atom stereocenters. The van der Waals surface area contributed by atoms with Gasteiger partial charge in [0.1, 0.15) is 0 Å². The van der Waals surface area contributed by atoms with E-state index in [0.29, 0.717) is 35.9 Å². The van der Waals surface area contributed by atoms with Gasteiger partial charge >= 0.3 is 8.56 Å². The summed E-state index contributed by atoms with van der Waals surface area (Å²) < 4.78 is 13.6. The summed E-state index contributed by atoms with van der Waals surface area (Å²) in [4.78, 5) is 0. The van der Waals surface area contributed by atoms with Gasteiger partial charge in [-0.1, -0.05) is 54.4 Å². The number of hydrogen-bond donors (Lipinski definition) is 0. The molecule has 2 saturated carbocycles. The molecule has 2 aliphatic carbocycles. The Bertz CT molecular complexity index is 371. The van der Waals surface area contributed by atoms with Crippen molar-refractivity contribution in [3.05, 3.63) is 0 Å². The Morgan fingerprint density at radius 3 is 1.36 bits per heavy atom. The average Bonchev–Trinajstić information content (AvgIpc) is 2.45. The van der Waals surface area contributed by atoms with E-state index >= 15 is 0 Å². The van der Waals surface area contributed by atoms with E-state index in [0.717, 1.165) is 11.8 Å². The van der Waals surface area contributed by atoms with Crippen LogP contribution in [0.1, 0.15) is 80.1 Å². The van der Waals surface area contributed by atoms with Gasteiger partial charge in [0.2, 0.25) is 0 Å². The lowest BCUT2D eigenvalue weighted by molar-refractivity contribution is -0.0233. The van der Waals surface area contributed by atoms with Gasteiger partial charge in [0, 0.05) is 0 Å². The second kappa shape index (κ2) is 8.88. The van der Waals surface area contributed by atoms with Gasteiger partial charge in [-0.05, 0) is 74.3 Å². The lowest BCUT2D eigenvalue weighted by Gasteiger charge is -2.44. The zero-order chi connectivity index (χ0) is 18.8. The topological polar surface area (TPSA) is 18.5 Å². The quantitative estimate of drug-likeness (QED) is 0.489. The summed E-state index contributed by atoms with van der Waals surface area (Å²) in [7, 11) is -2.11. The van der Waals surface area contributed by atoms with Crippen LogP contribution in [0.2, 0.25) is 13.1 Å². The van der Waals surface area contributed by atoms with Crippen LogP contribution < -0.4 is 0 Å². The molecule has 0 N–H and O–H groups in total. The summed E-state index contributed by atoms with van der Waals surface area (Å²) in [6.07, 6.45) is 8.62.